The first-order chi connectivity index (χ1) is 14.7. The summed E-state index contributed by atoms with van der Waals surface area (Å²) in [6, 6.07) is 13.3. The summed E-state index contributed by atoms with van der Waals surface area (Å²) in [5, 5.41) is 12.8. The zero-order valence-electron chi connectivity index (χ0n) is 16.6. The van der Waals surface area contributed by atoms with E-state index in [4.69, 9.17) is 9.47 Å². The van der Waals surface area contributed by atoms with Crippen molar-refractivity contribution in [2.75, 3.05) is 20.8 Å². The monoisotopic (exact) mass is 420 g/mol. The molecule has 0 saturated heterocycles. The molecule has 0 saturated carbocycles. The minimum Gasteiger partial charge on any atom is -0.493 e. The lowest BCUT2D eigenvalue weighted by Crippen LogP contribution is -2.40. The molecule has 0 radical (unpaired) electrons. The van der Waals surface area contributed by atoms with Crippen LogP contribution >= 0.6 is 11.3 Å². The largest absolute Gasteiger partial charge is 0.493 e. The Labute approximate surface area is 177 Å². The summed E-state index contributed by atoms with van der Waals surface area (Å²) < 4.78 is 11.0. The zero-order chi connectivity index (χ0) is 20.7. The Morgan fingerprint density at radius 3 is 2.67 bits per heavy atom. The summed E-state index contributed by atoms with van der Waals surface area (Å²) in [4.78, 5) is 16.6. The molecule has 30 heavy (non-hydrogen) atoms. The van der Waals surface area contributed by atoms with E-state index in [1.54, 1.807) is 31.6 Å². The van der Waals surface area contributed by atoms with Crippen LogP contribution in [0.1, 0.15) is 32.4 Å². The van der Waals surface area contributed by atoms with Gasteiger partial charge in [-0.15, -0.1) is 11.3 Å². The number of benzene rings is 2. The molecule has 2 aromatic carbocycles. The topological polar surface area (TPSA) is 80.3 Å². The second-order valence-electron chi connectivity index (χ2n) is 7.10. The minimum atomic E-state index is -0.186. The molecular weight excluding hydrogens is 400 g/mol. The molecule has 2 aromatic heterocycles. The number of nitrogens with one attached hydrogen (secondary N) is 1. The number of carbonyl (C=O) groups is 1. The Balaban J connectivity index is 1.61. The molecule has 4 aromatic rings. The van der Waals surface area contributed by atoms with Crippen molar-refractivity contribution >= 4 is 28.3 Å². The van der Waals surface area contributed by atoms with E-state index in [0.717, 1.165) is 22.4 Å². The van der Waals surface area contributed by atoms with Crippen LogP contribution in [0.15, 0.2) is 47.8 Å². The van der Waals surface area contributed by atoms with Crippen molar-refractivity contribution in [1.82, 2.24) is 20.3 Å². The molecule has 5 rings (SSSR count). The molecule has 1 aliphatic heterocycles. The molecule has 0 spiro atoms. The number of aromatic amines is 1. The van der Waals surface area contributed by atoms with E-state index in [1.807, 2.05) is 40.6 Å². The smallest absolute Gasteiger partial charge is 0.254 e. The second-order valence-corrected chi connectivity index (χ2v) is 8.08. The van der Waals surface area contributed by atoms with Crippen LogP contribution in [-0.2, 0) is 6.42 Å². The molecule has 1 atom stereocenters. The van der Waals surface area contributed by atoms with Gasteiger partial charge >= 0.3 is 0 Å². The van der Waals surface area contributed by atoms with Gasteiger partial charge in [-0.2, -0.15) is 15.4 Å². The van der Waals surface area contributed by atoms with Gasteiger partial charge in [-0.25, -0.2) is 0 Å². The summed E-state index contributed by atoms with van der Waals surface area (Å²) in [6.07, 6.45) is 0.746. The van der Waals surface area contributed by atoms with Gasteiger partial charge in [0.2, 0.25) is 0 Å². The number of thiophene rings is 1. The lowest BCUT2D eigenvalue weighted by Gasteiger charge is -2.37. The number of fused-ring (bicyclic) bond motifs is 2. The number of ether oxygens (including phenoxy) is 2. The predicted molar refractivity (Wildman–Crippen MR) is 114 cm³/mol. The van der Waals surface area contributed by atoms with Crippen molar-refractivity contribution in [2.45, 2.75) is 12.5 Å². The first-order valence-electron chi connectivity index (χ1n) is 9.59. The minimum absolute atomic E-state index is 0.0289. The molecule has 1 aliphatic rings. The van der Waals surface area contributed by atoms with Crippen LogP contribution in [-0.4, -0.2) is 47.0 Å². The number of hydrogen-bond donors (Lipinski definition) is 1. The fourth-order valence-electron chi connectivity index (χ4n) is 4.06. The van der Waals surface area contributed by atoms with Crippen molar-refractivity contribution in [3.63, 3.8) is 0 Å². The van der Waals surface area contributed by atoms with E-state index >= 15 is 0 Å². The first-order valence-corrected chi connectivity index (χ1v) is 10.5. The molecule has 0 fully saturated rings. The standard InChI is InChI=1S/C22H20N4O3S/c1-28-18-11-13-7-8-26(22(27)14-5-6-16-17(10-14)24-25-23-16)21(20-4-3-9-30-20)15(13)12-19(18)29-2/h3-6,9-12,21H,7-8H2,1-2H3,(H,23,24,25)/t21-/m1/s1. The lowest BCUT2D eigenvalue weighted by atomic mass is 9.90. The molecule has 3 heterocycles. The van der Waals surface area contributed by atoms with Crippen LogP contribution in [0.3, 0.4) is 0 Å². The molecule has 1 amide bonds. The van der Waals surface area contributed by atoms with Gasteiger partial charge in [0, 0.05) is 17.0 Å². The Morgan fingerprint density at radius 2 is 1.90 bits per heavy atom. The Kier molecular flexibility index (Phi) is 4.63. The Hall–Kier alpha value is -3.39. The molecule has 0 aliphatic carbocycles. The van der Waals surface area contributed by atoms with E-state index in [9.17, 15) is 4.79 Å². The summed E-state index contributed by atoms with van der Waals surface area (Å²) in [7, 11) is 3.27. The SMILES string of the molecule is COc1cc2c(cc1OC)[C@H](c1cccs1)N(C(=O)c1ccc3n[nH]nc3c1)CC2. The van der Waals surface area contributed by atoms with Crippen LogP contribution in [0.4, 0.5) is 0 Å². The number of amides is 1. The van der Waals surface area contributed by atoms with Crippen molar-refractivity contribution in [3.05, 3.63) is 69.4 Å². The zero-order valence-corrected chi connectivity index (χ0v) is 17.4. The number of rotatable bonds is 4. The van der Waals surface area contributed by atoms with Gasteiger partial charge < -0.3 is 14.4 Å². The van der Waals surface area contributed by atoms with Gasteiger partial charge in [-0.1, -0.05) is 6.07 Å². The van der Waals surface area contributed by atoms with Crippen LogP contribution in [0.2, 0.25) is 0 Å². The molecule has 1 N–H and O–H groups in total. The molecule has 0 unspecified atom stereocenters. The highest BCUT2D eigenvalue weighted by Gasteiger charge is 2.34. The predicted octanol–water partition coefficient (Wildman–Crippen LogP) is 3.82. The fraction of sp³-hybridized carbons (Fsp3) is 0.227. The highest BCUT2D eigenvalue weighted by molar-refractivity contribution is 7.10. The number of H-pyrrole nitrogens is 1. The summed E-state index contributed by atoms with van der Waals surface area (Å²) in [6.45, 7) is 0.612. The average molecular weight is 420 g/mol. The molecular formula is C22H20N4O3S. The highest BCUT2D eigenvalue weighted by Crippen LogP contribution is 2.42. The molecule has 8 heteroatoms. The molecule has 7 nitrogen and oxygen atoms in total. The molecule has 0 bridgehead atoms. The van der Waals surface area contributed by atoms with Crippen LogP contribution < -0.4 is 9.47 Å². The maximum Gasteiger partial charge on any atom is 0.254 e. The first kappa shape index (κ1) is 18.6. The van der Waals surface area contributed by atoms with Gasteiger partial charge in [-0.05, 0) is 59.3 Å². The van der Waals surface area contributed by atoms with E-state index < -0.39 is 0 Å². The van der Waals surface area contributed by atoms with E-state index in [2.05, 4.69) is 21.5 Å². The highest BCUT2D eigenvalue weighted by atomic mass is 32.1. The van der Waals surface area contributed by atoms with E-state index in [0.29, 0.717) is 29.1 Å². The van der Waals surface area contributed by atoms with Crippen LogP contribution in [0.5, 0.6) is 11.5 Å². The van der Waals surface area contributed by atoms with Gasteiger partial charge in [0.1, 0.15) is 11.0 Å². The number of carbonyl (C=O) groups excluding carboxylic acids is 1. The van der Waals surface area contributed by atoms with Crippen molar-refractivity contribution in [1.29, 1.82) is 0 Å². The number of hydrogen-bond acceptors (Lipinski definition) is 6. The average Bonchev–Trinajstić information content (AvgIpc) is 3.48. The van der Waals surface area contributed by atoms with Gasteiger partial charge in [0.05, 0.1) is 20.3 Å². The van der Waals surface area contributed by atoms with Crippen molar-refractivity contribution in [2.24, 2.45) is 0 Å². The number of methoxy groups -OCH3 is 2. The van der Waals surface area contributed by atoms with Gasteiger partial charge in [0.25, 0.3) is 5.91 Å². The quantitative estimate of drug-likeness (QED) is 0.543. The van der Waals surface area contributed by atoms with Gasteiger partial charge in [-0.3, -0.25) is 4.79 Å². The fourth-order valence-corrected chi connectivity index (χ4v) is 4.91. The second kappa shape index (κ2) is 7.46. The Bertz CT molecular complexity index is 1220. The van der Waals surface area contributed by atoms with Crippen LogP contribution in [0, 0.1) is 0 Å². The normalized spacial score (nSPS) is 15.8. The summed E-state index contributed by atoms with van der Waals surface area (Å²) >= 11 is 1.64. The lowest BCUT2D eigenvalue weighted by molar-refractivity contribution is 0.0697. The van der Waals surface area contributed by atoms with Crippen molar-refractivity contribution in [3.8, 4) is 11.5 Å². The molecule has 152 valence electrons. The van der Waals surface area contributed by atoms with Gasteiger partial charge in [0.15, 0.2) is 11.5 Å². The Morgan fingerprint density at radius 1 is 1.10 bits per heavy atom. The third-order valence-corrected chi connectivity index (χ3v) is 6.44. The van der Waals surface area contributed by atoms with Crippen molar-refractivity contribution < 1.29 is 14.3 Å². The maximum absolute atomic E-state index is 13.6. The third-order valence-electron chi connectivity index (χ3n) is 5.51. The van der Waals surface area contributed by atoms with Crippen LogP contribution in [0.25, 0.3) is 11.0 Å². The van der Waals surface area contributed by atoms with E-state index in [1.165, 1.54) is 5.56 Å². The summed E-state index contributed by atoms with van der Waals surface area (Å²) in [5.41, 5.74) is 4.25. The van der Waals surface area contributed by atoms with E-state index in [-0.39, 0.29) is 11.9 Å². The third kappa shape index (κ3) is 3.00. The maximum atomic E-state index is 13.6. The number of aromatic nitrogens is 3. The summed E-state index contributed by atoms with van der Waals surface area (Å²) in [5.74, 6) is 1.34. The number of nitrogens with zero attached hydrogens (tertiary/aromatic N) is 3.